The molecule has 1 heterocycles. The van der Waals surface area contributed by atoms with Crippen molar-refractivity contribution in [3.63, 3.8) is 0 Å². The number of ether oxygens (including phenoxy) is 1. The molecule has 2 rings (SSSR count). The molecule has 0 aromatic rings. The summed E-state index contributed by atoms with van der Waals surface area (Å²) in [5.41, 5.74) is 2.35. The second-order valence-corrected chi connectivity index (χ2v) is 5.36. The van der Waals surface area contributed by atoms with E-state index in [2.05, 4.69) is 53.5 Å². The van der Waals surface area contributed by atoms with Gasteiger partial charge in [0.15, 0.2) is 0 Å². The maximum Gasteiger partial charge on any atom is 0.135 e. The zero-order valence-electron chi connectivity index (χ0n) is 13.8. The zero-order valence-corrected chi connectivity index (χ0v) is 13.8. The van der Waals surface area contributed by atoms with E-state index in [4.69, 9.17) is 4.74 Å². The molecule has 2 unspecified atom stereocenters. The molecule has 0 spiro atoms. The Bertz CT molecular complexity index is 567. The molecule has 22 heavy (non-hydrogen) atoms. The van der Waals surface area contributed by atoms with Gasteiger partial charge < -0.3 is 15.0 Å². The number of allylic oxidation sites excluding steroid dienone is 7. The molecule has 0 amide bonds. The number of rotatable bonds is 4. The first-order valence-corrected chi connectivity index (χ1v) is 7.62. The van der Waals surface area contributed by atoms with Crippen molar-refractivity contribution >= 4 is 6.21 Å². The molecule has 0 aromatic heterocycles. The van der Waals surface area contributed by atoms with Crippen LogP contribution in [0, 0.1) is 0 Å². The molecule has 1 aliphatic heterocycles. The van der Waals surface area contributed by atoms with Crippen molar-refractivity contribution in [3.05, 3.63) is 59.7 Å². The van der Waals surface area contributed by atoms with Crippen LogP contribution in [-0.4, -0.2) is 37.5 Å². The minimum atomic E-state index is 0.0600. The summed E-state index contributed by atoms with van der Waals surface area (Å²) in [4.78, 5) is 6.83. The first kappa shape index (κ1) is 16.1. The van der Waals surface area contributed by atoms with Crippen LogP contribution in [0.5, 0.6) is 0 Å². The van der Waals surface area contributed by atoms with Crippen molar-refractivity contribution < 1.29 is 4.74 Å². The smallest absolute Gasteiger partial charge is 0.135 e. The average molecular weight is 299 g/mol. The lowest BCUT2D eigenvalue weighted by Crippen LogP contribution is -2.48. The third kappa shape index (κ3) is 3.91. The largest absolute Gasteiger partial charge is 0.497 e. The van der Waals surface area contributed by atoms with Crippen LogP contribution in [0.25, 0.3) is 0 Å². The molecular formula is C18H25N3O. The van der Waals surface area contributed by atoms with E-state index in [1.165, 1.54) is 5.70 Å². The van der Waals surface area contributed by atoms with Gasteiger partial charge in [-0.3, -0.25) is 4.99 Å². The summed E-state index contributed by atoms with van der Waals surface area (Å²) >= 11 is 0. The topological polar surface area (TPSA) is 36.9 Å². The predicted molar refractivity (Wildman–Crippen MR) is 92.5 cm³/mol. The SMILES string of the molecule is C/C=C\C=C1/C(C)N=CC(NC2=CC=CC(OC)=CC2)N1C. The molecule has 1 N–H and O–H groups in total. The second kappa shape index (κ2) is 7.69. The fourth-order valence-electron chi connectivity index (χ4n) is 2.48. The van der Waals surface area contributed by atoms with Gasteiger partial charge in [-0.15, -0.1) is 0 Å². The van der Waals surface area contributed by atoms with Gasteiger partial charge >= 0.3 is 0 Å². The summed E-state index contributed by atoms with van der Waals surface area (Å²) in [6.45, 7) is 4.13. The standard InChI is InChI=1S/C18H25N3O/c1-5-6-10-17-14(2)19-13-18(21(17)3)20-15-8-7-9-16(22-4)12-11-15/h5-10,12-14,18,20H,11H2,1-4H3/b6-5-,17-10+. The van der Waals surface area contributed by atoms with Crippen molar-refractivity contribution in [3.8, 4) is 0 Å². The van der Waals surface area contributed by atoms with Crippen LogP contribution in [0.4, 0.5) is 0 Å². The van der Waals surface area contributed by atoms with Crippen molar-refractivity contribution in [2.45, 2.75) is 32.5 Å². The number of aliphatic imine (C=N–C) groups is 1. The third-order valence-electron chi connectivity index (χ3n) is 3.81. The van der Waals surface area contributed by atoms with Gasteiger partial charge in [-0.05, 0) is 38.2 Å². The van der Waals surface area contributed by atoms with Gasteiger partial charge in [0.05, 0.1) is 13.2 Å². The van der Waals surface area contributed by atoms with E-state index in [-0.39, 0.29) is 12.2 Å². The number of hydrogen-bond acceptors (Lipinski definition) is 4. The van der Waals surface area contributed by atoms with Gasteiger partial charge in [-0.2, -0.15) is 0 Å². The fourth-order valence-corrected chi connectivity index (χ4v) is 2.48. The van der Waals surface area contributed by atoms with Gasteiger partial charge in [0.1, 0.15) is 11.9 Å². The minimum absolute atomic E-state index is 0.0600. The summed E-state index contributed by atoms with van der Waals surface area (Å²) in [6, 6.07) is 0.183. The number of nitrogens with zero attached hydrogens (tertiary/aromatic N) is 2. The monoisotopic (exact) mass is 299 g/mol. The molecule has 0 fully saturated rings. The quantitative estimate of drug-likeness (QED) is 0.866. The van der Waals surface area contributed by atoms with Crippen molar-refractivity contribution in [2.75, 3.05) is 14.2 Å². The summed E-state index contributed by atoms with van der Waals surface area (Å²) in [5.74, 6) is 0.890. The first-order chi connectivity index (χ1) is 10.7. The molecule has 2 atom stereocenters. The van der Waals surface area contributed by atoms with E-state index in [0.29, 0.717) is 0 Å². The lowest BCUT2D eigenvalue weighted by molar-refractivity contribution is 0.304. The lowest BCUT2D eigenvalue weighted by Gasteiger charge is -2.36. The van der Waals surface area contributed by atoms with Crippen LogP contribution >= 0.6 is 0 Å². The highest BCUT2D eigenvalue weighted by molar-refractivity contribution is 5.67. The van der Waals surface area contributed by atoms with Crippen LogP contribution < -0.4 is 5.32 Å². The molecule has 1 aliphatic carbocycles. The number of likely N-dealkylation sites (N-methyl/N-ethyl adjacent to an activating group) is 1. The average Bonchev–Trinajstić information content (AvgIpc) is 2.75. The van der Waals surface area contributed by atoms with E-state index < -0.39 is 0 Å². The third-order valence-corrected chi connectivity index (χ3v) is 3.81. The lowest BCUT2D eigenvalue weighted by atomic mass is 10.1. The Hall–Kier alpha value is -2.23. The second-order valence-electron chi connectivity index (χ2n) is 5.36. The molecular weight excluding hydrogens is 274 g/mol. The Morgan fingerprint density at radius 3 is 3.00 bits per heavy atom. The molecule has 0 saturated heterocycles. The van der Waals surface area contributed by atoms with E-state index >= 15 is 0 Å². The fraction of sp³-hybridized carbons (Fsp3) is 0.389. The summed E-state index contributed by atoms with van der Waals surface area (Å²) in [5, 5.41) is 3.54. The van der Waals surface area contributed by atoms with Crippen LogP contribution in [0.3, 0.4) is 0 Å². The molecule has 0 radical (unpaired) electrons. The molecule has 0 aromatic carbocycles. The van der Waals surface area contributed by atoms with Crippen molar-refractivity contribution in [1.29, 1.82) is 0 Å². The highest BCUT2D eigenvalue weighted by atomic mass is 16.5. The molecule has 0 bridgehead atoms. The van der Waals surface area contributed by atoms with Gasteiger partial charge in [-0.25, -0.2) is 0 Å². The van der Waals surface area contributed by atoms with E-state index in [1.54, 1.807) is 7.11 Å². The highest BCUT2D eigenvalue weighted by Gasteiger charge is 2.23. The van der Waals surface area contributed by atoms with Crippen LogP contribution in [-0.2, 0) is 4.74 Å². The summed E-state index contributed by atoms with van der Waals surface area (Å²) < 4.78 is 5.27. The maximum absolute atomic E-state index is 5.27. The van der Waals surface area contributed by atoms with Gasteiger partial charge in [0, 0.05) is 31.1 Å². The minimum Gasteiger partial charge on any atom is -0.497 e. The summed E-state index contributed by atoms with van der Waals surface area (Å²) in [7, 11) is 3.79. The Kier molecular flexibility index (Phi) is 5.64. The Balaban J connectivity index is 2.10. The van der Waals surface area contributed by atoms with E-state index in [1.807, 2.05) is 31.4 Å². The highest BCUT2D eigenvalue weighted by Crippen LogP contribution is 2.19. The van der Waals surface area contributed by atoms with E-state index in [9.17, 15) is 0 Å². The van der Waals surface area contributed by atoms with Crippen molar-refractivity contribution in [1.82, 2.24) is 10.2 Å². The number of nitrogens with one attached hydrogen (secondary N) is 1. The predicted octanol–water partition coefficient (Wildman–Crippen LogP) is 3.14. The number of hydrogen-bond donors (Lipinski definition) is 1. The molecule has 118 valence electrons. The van der Waals surface area contributed by atoms with Crippen LogP contribution in [0.15, 0.2) is 64.7 Å². The first-order valence-electron chi connectivity index (χ1n) is 7.62. The van der Waals surface area contributed by atoms with Crippen molar-refractivity contribution in [2.24, 2.45) is 4.99 Å². The normalized spacial score (nSPS) is 26.9. The van der Waals surface area contributed by atoms with Gasteiger partial charge in [-0.1, -0.05) is 18.2 Å². The number of methoxy groups -OCH3 is 1. The molecule has 4 nitrogen and oxygen atoms in total. The summed E-state index contributed by atoms with van der Waals surface area (Å²) in [6.07, 6.45) is 17.2. The van der Waals surface area contributed by atoms with Crippen LogP contribution in [0.2, 0.25) is 0 Å². The Morgan fingerprint density at radius 2 is 2.27 bits per heavy atom. The van der Waals surface area contributed by atoms with Crippen LogP contribution in [0.1, 0.15) is 20.3 Å². The zero-order chi connectivity index (χ0) is 15.9. The van der Waals surface area contributed by atoms with Gasteiger partial charge in [0.2, 0.25) is 0 Å². The molecule has 2 aliphatic rings. The maximum atomic E-state index is 5.27. The molecule has 0 saturated carbocycles. The Labute approximate surface area is 133 Å². The van der Waals surface area contributed by atoms with Gasteiger partial charge in [0.25, 0.3) is 0 Å². The Morgan fingerprint density at radius 1 is 1.45 bits per heavy atom. The van der Waals surface area contributed by atoms with E-state index in [0.717, 1.165) is 17.9 Å². The molecule has 4 heteroatoms.